The summed E-state index contributed by atoms with van der Waals surface area (Å²) in [6.45, 7) is 4.38. The molecule has 7 nitrogen and oxygen atoms in total. The van der Waals surface area contributed by atoms with Crippen LogP contribution in [-0.4, -0.2) is 75.1 Å². The fourth-order valence-corrected chi connectivity index (χ4v) is 4.64. The number of methoxy groups -OCH3 is 2. The molecule has 1 aliphatic carbocycles. The summed E-state index contributed by atoms with van der Waals surface area (Å²) in [5, 5.41) is 3.38. The highest BCUT2D eigenvalue weighted by molar-refractivity contribution is 5.95. The molecule has 0 radical (unpaired) electrons. The molecule has 160 valence electrons. The fourth-order valence-electron chi connectivity index (χ4n) is 4.64. The number of rotatable bonds is 4. The Balaban J connectivity index is 0.00000240. The molecular weight excluding hydrogens is 394 g/mol. The summed E-state index contributed by atoms with van der Waals surface area (Å²) in [5.74, 6) is 1.62. The summed E-state index contributed by atoms with van der Waals surface area (Å²) in [6, 6.07) is 5.21. The van der Waals surface area contributed by atoms with Gasteiger partial charge in [-0.2, -0.15) is 0 Å². The van der Waals surface area contributed by atoms with Crippen LogP contribution in [0.3, 0.4) is 0 Å². The number of halogens is 1. The number of hydrogen-bond donors (Lipinski definition) is 1. The number of benzene rings is 1. The molecule has 1 aromatic rings. The van der Waals surface area contributed by atoms with Crippen molar-refractivity contribution in [2.24, 2.45) is 11.3 Å². The smallest absolute Gasteiger partial charge is 0.254 e. The minimum Gasteiger partial charge on any atom is -0.497 e. The highest BCUT2D eigenvalue weighted by atomic mass is 35.5. The van der Waals surface area contributed by atoms with E-state index in [0.717, 1.165) is 32.4 Å². The van der Waals surface area contributed by atoms with E-state index in [0.29, 0.717) is 43.2 Å². The highest BCUT2D eigenvalue weighted by Gasteiger charge is 2.58. The Bertz CT molecular complexity index is 736. The number of hydrogen-bond acceptors (Lipinski definition) is 5. The van der Waals surface area contributed by atoms with Crippen LogP contribution in [0.2, 0.25) is 0 Å². The van der Waals surface area contributed by atoms with Crippen molar-refractivity contribution in [2.75, 3.05) is 53.5 Å². The lowest BCUT2D eigenvalue weighted by Gasteiger charge is -2.35. The van der Waals surface area contributed by atoms with Crippen molar-refractivity contribution in [3.05, 3.63) is 23.8 Å². The van der Waals surface area contributed by atoms with Gasteiger partial charge in [0.05, 0.1) is 14.2 Å². The molecule has 29 heavy (non-hydrogen) atoms. The number of carbonyl (C=O) groups is 2. The number of piperidine rings is 1. The molecule has 4 rings (SSSR count). The first-order valence-electron chi connectivity index (χ1n) is 10.1. The Morgan fingerprint density at radius 2 is 1.52 bits per heavy atom. The zero-order valence-corrected chi connectivity index (χ0v) is 17.9. The van der Waals surface area contributed by atoms with Crippen molar-refractivity contribution >= 4 is 24.2 Å². The number of amides is 2. The lowest BCUT2D eigenvalue weighted by Crippen LogP contribution is -2.51. The molecule has 2 aliphatic heterocycles. The lowest BCUT2D eigenvalue weighted by atomic mass is 9.91. The molecule has 0 bridgehead atoms. The Kier molecular flexibility index (Phi) is 6.58. The quantitative estimate of drug-likeness (QED) is 0.799. The zero-order chi connectivity index (χ0) is 19.7. The van der Waals surface area contributed by atoms with Crippen molar-refractivity contribution in [2.45, 2.75) is 19.3 Å². The van der Waals surface area contributed by atoms with Crippen LogP contribution in [0.5, 0.6) is 11.5 Å². The first-order valence-corrected chi connectivity index (χ1v) is 10.1. The van der Waals surface area contributed by atoms with Crippen molar-refractivity contribution in [3.8, 4) is 11.5 Å². The van der Waals surface area contributed by atoms with E-state index in [-0.39, 0.29) is 35.6 Å². The molecule has 1 atom stereocenters. The zero-order valence-electron chi connectivity index (χ0n) is 17.1. The maximum atomic E-state index is 12.9. The van der Waals surface area contributed by atoms with Gasteiger partial charge in [0.15, 0.2) is 0 Å². The molecule has 3 aliphatic rings. The van der Waals surface area contributed by atoms with E-state index in [2.05, 4.69) is 5.32 Å². The van der Waals surface area contributed by atoms with Crippen LogP contribution in [0.15, 0.2) is 18.2 Å². The molecule has 3 fully saturated rings. The molecule has 1 spiro atoms. The summed E-state index contributed by atoms with van der Waals surface area (Å²) >= 11 is 0. The van der Waals surface area contributed by atoms with E-state index in [1.165, 1.54) is 0 Å². The molecule has 2 heterocycles. The van der Waals surface area contributed by atoms with Gasteiger partial charge in [0, 0.05) is 43.7 Å². The topological polar surface area (TPSA) is 71.1 Å². The van der Waals surface area contributed by atoms with Crippen LogP contribution >= 0.6 is 12.4 Å². The largest absolute Gasteiger partial charge is 0.497 e. The van der Waals surface area contributed by atoms with Crippen molar-refractivity contribution < 1.29 is 19.1 Å². The molecule has 2 amide bonds. The number of ether oxygens (including phenoxy) is 2. The van der Waals surface area contributed by atoms with Crippen LogP contribution in [0, 0.1) is 11.3 Å². The predicted molar refractivity (Wildman–Crippen MR) is 112 cm³/mol. The third-order valence-electron chi connectivity index (χ3n) is 6.56. The molecule has 1 aromatic carbocycles. The minimum atomic E-state index is -0.0504. The summed E-state index contributed by atoms with van der Waals surface area (Å²) in [7, 11) is 3.14. The normalized spacial score (nSPS) is 22.6. The first-order chi connectivity index (χ1) is 13.6. The predicted octanol–water partition coefficient (Wildman–Crippen LogP) is 1.80. The SMILES string of the molecule is COc1cc(OC)cc(C(=O)N2CCN(C(=O)C3CC34CCNCC4)CC2)c1.Cl. The van der Waals surface area contributed by atoms with E-state index >= 15 is 0 Å². The lowest BCUT2D eigenvalue weighted by molar-refractivity contribution is -0.135. The van der Waals surface area contributed by atoms with Gasteiger partial charge in [-0.1, -0.05) is 0 Å². The molecule has 2 saturated heterocycles. The Hall–Kier alpha value is -1.99. The fraction of sp³-hybridized carbons (Fsp3) is 0.619. The van der Waals surface area contributed by atoms with Crippen LogP contribution in [0.4, 0.5) is 0 Å². The van der Waals surface area contributed by atoms with E-state index in [1.54, 1.807) is 32.4 Å². The Morgan fingerprint density at radius 3 is 2.07 bits per heavy atom. The van der Waals surface area contributed by atoms with E-state index in [1.807, 2.05) is 9.80 Å². The third-order valence-corrected chi connectivity index (χ3v) is 6.56. The molecule has 1 saturated carbocycles. The van der Waals surface area contributed by atoms with Crippen LogP contribution in [0.1, 0.15) is 29.6 Å². The maximum Gasteiger partial charge on any atom is 0.254 e. The average molecular weight is 424 g/mol. The first kappa shape index (κ1) is 21.7. The summed E-state index contributed by atoms with van der Waals surface area (Å²) in [5.41, 5.74) is 0.804. The highest BCUT2D eigenvalue weighted by Crippen LogP contribution is 2.59. The number of nitrogens with one attached hydrogen (secondary N) is 1. The maximum absolute atomic E-state index is 12.9. The molecule has 8 heteroatoms. The molecular formula is C21H30ClN3O4. The van der Waals surface area contributed by atoms with Crippen LogP contribution in [-0.2, 0) is 4.79 Å². The standard InChI is InChI=1S/C21H29N3O4.ClH/c1-27-16-11-15(12-17(13-16)28-2)19(25)23-7-9-24(10-8-23)20(26)18-14-21(18)3-5-22-6-4-21;/h11-13,18,22H,3-10,14H2,1-2H3;1H. The van der Waals surface area contributed by atoms with Gasteiger partial charge in [-0.05, 0) is 49.9 Å². The van der Waals surface area contributed by atoms with Gasteiger partial charge in [-0.25, -0.2) is 0 Å². The van der Waals surface area contributed by atoms with E-state index in [9.17, 15) is 9.59 Å². The summed E-state index contributed by atoms with van der Waals surface area (Å²) < 4.78 is 10.5. The van der Waals surface area contributed by atoms with Gasteiger partial charge in [-0.3, -0.25) is 9.59 Å². The van der Waals surface area contributed by atoms with Gasteiger partial charge >= 0.3 is 0 Å². The van der Waals surface area contributed by atoms with Gasteiger partial charge < -0.3 is 24.6 Å². The molecule has 1 N–H and O–H groups in total. The molecule has 0 aromatic heterocycles. The monoisotopic (exact) mass is 423 g/mol. The van der Waals surface area contributed by atoms with Crippen LogP contribution in [0.25, 0.3) is 0 Å². The van der Waals surface area contributed by atoms with E-state index in [4.69, 9.17) is 9.47 Å². The number of nitrogens with zero attached hydrogens (tertiary/aromatic N) is 2. The van der Waals surface area contributed by atoms with Crippen molar-refractivity contribution in [3.63, 3.8) is 0 Å². The van der Waals surface area contributed by atoms with Crippen molar-refractivity contribution in [1.82, 2.24) is 15.1 Å². The third kappa shape index (κ3) is 4.31. The summed E-state index contributed by atoms with van der Waals surface area (Å²) in [4.78, 5) is 29.6. The van der Waals surface area contributed by atoms with E-state index < -0.39 is 0 Å². The number of carbonyl (C=O) groups excluding carboxylic acids is 2. The minimum absolute atomic E-state index is 0. The average Bonchev–Trinajstić information content (AvgIpc) is 3.45. The van der Waals surface area contributed by atoms with Crippen LogP contribution < -0.4 is 14.8 Å². The second-order valence-corrected chi connectivity index (χ2v) is 8.09. The second kappa shape index (κ2) is 8.79. The Morgan fingerprint density at radius 1 is 0.966 bits per heavy atom. The number of piperazine rings is 1. The Labute approximate surface area is 178 Å². The van der Waals surface area contributed by atoms with Gasteiger partial charge in [0.1, 0.15) is 11.5 Å². The molecule has 1 unspecified atom stereocenters. The van der Waals surface area contributed by atoms with Gasteiger partial charge in [-0.15, -0.1) is 12.4 Å². The van der Waals surface area contributed by atoms with Gasteiger partial charge in [0.2, 0.25) is 5.91 Å². The summed E-state index contributed by atoms with van der Waals surface area (Å²) in [6.07, 6.45) is 3.26. The van der Waals surface area contributed by atoms with Gasteiger partial charge in [0.25, 0.3) is 5.91 Å². The second-order valence-electron chi connectivity index (χ2n) is 8.09. The van der Waals surface area contributed by atoms with Crippen molar-refractivity contribution in [1.29, 1.82) is 0 Å².